The summed E-state index contributed by atoms with van der Waals surface area (Å²) in [4.78, 5) is 27.0. The van der Waals surface area contributed by atoms with Crippen LogP contribution in [-0.4, -0.2) is 50.2 Å². The highest BCUT2D eigenvalue weighted by Gasteiger charge is 2.65. The van der Waals surface area contributed by atoms with E-state index in [4.69, 9.17) is 23.7 Å². The molecule has 0 saturated carbocycles. The monoisotopic (exact) mass is 762 g/mol. The molecule has 3 aromatic rings. The van der Waals surface area contributed by atoms with E-state index in [-0.39, 0.29) is 36.8 Å². The summed E-state index contributed by atoms with van der Waals surface area (Å²) in [5, 5.41) is 0. The Morgan fingerprint density at radius 2 is 1.39 bits per heavy atom. The number of rotatable bonds is 12. The lowest BCUT2D eigenvalue weighted by atomic mass is 9.68. The zero-order valence-corrected chi connectivity index (χ0v) is 30.9. The molecule has 292 valence electrons. The molecular formula is C41H44F6O7. The summed E-state index contributed by atoms with van der Waals surface area (Å²) in [6, 6.07) is 16.2. The van der Waals surface area contributed by atoms with Gasteiger partial charge in [-0.15, -0.1) is 0 Å². The van der Waals surface area contributed by atoms with E-state index >= 15 is 0 Å². The van der Waals surface area contributed by atoms with Crippen LogP contribution in [0, 0.1) is 5.92 Å². The highest BCUT2D eigenvalue weighted by molar-refractivity contribution is 5.85. The van der Waals surface area contributed by atoms with Crippen LogP contribution < -0.4 is 9.47 Å². The maximum atomic E-state index is 14.9. The second-order valence-electron chi connectivity index (χ2n) is 14.4. The van der Waals surface area contributed by atoms with E-state index in [0.29, 0.717) is 16.9 Å². The highest BCUT2D eigenvalue weighted by atomic mass is 19.4. The molecule has 7 nitrogen and oxygen atoms in total. The number of carbonyl (C=O) groups excluding carboxylic acids is 2. The number of benzene rings is 3. The van der Waals surface area contributed by atoms with Gasteiger partial charge in [0.15, 0.2) is 0 Å². The van der Waals surface area contributed by atoms with Crippen molar-refractivity contribution < 1.29 is 59.6 Å². The number of methoxy groups -OCH3 is 2. The number of halogens is 6. The van der Waals surface area contributed by atoms with Gasteiger partial charge in [-0.25, -0.2) is 9.59 Å². The van der Waals surface area contributed by atoms with E-state index in [2.05, 4.69) is 0 Å². The van der Waals surface area contributed by atoms with E-state index in [1.807, 2.05) is 26.8 Å². The molecule has 54 heavy (non-hydrogen) atoms. The van der Waals surface area contributed by atoms with Gasteiger partial charge in [0.1, 0.15) is 17.1 Å². The van der Waals surface area contributed by atoms with Crippen LogP contribution in [0.5, 0.6) is 11.5 Å². The van der Waals surface area contributed by atoms with E-state index < -0.39 is 58.3 Å². The number of hydrogen-bond donors (Lipinski definition) is 0. The molecule has 1 heterocycles. The van der Waals surface area contributed by atoms with Crippen molar-refractivity contribution >= 4 is 11.9 Å². The Morgan fingerprint density at radius 3 is 1.91 bits per heavy atom. The van der Waals surface area contributed by atoms with Crippen molar-refractivity contribution in [3.63, 3.8) is 0 Å². The minimum Gasteiger partial charge on any atom is -0.487 e. The Morgan fingerprint density at radius 1 is 0.852 bits per heavy atom. The predicted molar refractivity (Wildman–Crippen MR) is 187 cm³/mol. The Labute approximate surface area is 310 Å². The number of ether oxygens (including phenoxy) is 5. The van der Waals surface area contributed by atoms with Crippen molar-refractivity contribution in [3.8, 4) is 11.5 Å². The largest absolute Gasteiger partial charge is 0.487 e. The van der Waals surface area contributed by atoms with E-state index in [9.17, 15) is 35.9 Å². The molecule has 0 N–H and O–H groups in total. The maximum absolute atomic E-state index is 14.9. The summed E-state index contributed by atoms with van der Waals surface area (Å²) in [5.41, 5.74) is -6.35. The van der Waals surface area contributed by atoms with Crippen LogP contribution in [-0.2, 0) is 41.4 Å². The average molecular weight is 763 g/mol. The molecule has 0 amide bonds. The summed E-state index contributed by atoms with van der Waals surface area (Å²) < 4.78 is 115. The fraction of sp³-hybridized carbons (Fsp3) is 0.463. The molecule has 0 fully saturated rings. The van der Waals surface area contributed by atoms with Crippen molar-refractivity contribution in [1.82, 2.24) is 0 Å². The zero-order chi connectivity index (χ0) is 39.7. The molecule has 0 bridgehead atoms. The van der Waals surface area contributed by atoms with Crippen LogP contribution in [0.3, 0.4) is 0 Å². The number of allylic oxidation sites excluding steroid dienone is 2. The molecule has 0 radical (unpaired) electrons. The maximum Gasteiger partial charge on any atom is 0.432 e. The molecule has 5 rings (SSSR count). The van der Waals surface area contributed by atoms with E-state index in [1.54, 1.807) is 6.07 Å². The van der Waals surface area contributed by atoms with Crippen molar-refractivity contribution in [2.45, 2.75) is 101 Å². The summed E-state index contributed by atoms with van der Waals surface area (Å²) in [6.45, 7) is 7.28. The number of alkyl halides is 6. The Balaban J connectivity index is 1.46. The molecule has 2 aliphatic rings. The van der Waals surface area contributed by atoms with Gasteiger partial charge in [0, 0.05) is 42.7 Å². The number of fused-ring (bicyclic) bond motifs is 3. The standard InChI is InChI=1S/C41H44F6O7/c1-25-20-21-31-30(22-25)34-32(53-36(49)39(51-6,41(45,46)47)29-18-11-8-12-19-29)23-27(24-33(34)54-37(31,3)4)15-13-14-26(2)52-35(48)38(50-5,40(42,43)44)28-16-9-7-10-17-28/h7-12,16-19,22-24,26,30-31H,13-15,20-21H2,1-6H3/t26-,30?,31+,38+,39+/m0/s1. The van der Waals surface area contributed by atoms with Gasteiger partial charge in [0.05, 0.1) is 6.10 Å². The molecule has 1 unspecified atom stereocenters. The topological polar surface area (TPSA) is 80.3 Å². The smallest absolute Gasteiger partial charge is 0.432 e. The first-order chi connectivity index (χ1) is 25.3. The van der Waals surface area contributed by atoms with Crippen LogP contribution in [0.15, 0.2) is 84.4 Å². The Bertz CT molecular complexity index is 1840. The molecule has 13 heteroatoms. The molecule has 0 aromatic heterocycles. The SMILES string of the molecule is CO[C@@](C(=O)Oc1cc(CCC[C@H](C)OC(=O)[C@](OC)(c2ccccc2)C(F)(F)F)cc2c1C1C=C(C)CC[C@H]1C(C)(C)O2)(c1ccccc1)C(F)(F)F. The summed E-state index contributed by atoms with van der Waals surface area (Å²) in [7, 11) is 1.58. The minimum atomic E-state index is -5.21. The zero-order valence-electron chi connectivity index (χ0n) is 30.9. The molecule has 5 atom stereocenters. The number of hydrogen-bond acceptors (Lipinski definition) is 7. The van der Waals surface area contributed by atoms with Crippen LogP contribution in [0.2, 0.25) is 0 Å². The third-order valence-electron chi connectivity index (χ3n) is 10.4. The molecule has 3 aromatic carbocycles. The van der Waals surface area contributed by atoms with Crippen LogP contribution >= 0.6 is 0 Å². The fourth-order valence-corrected chi connectivity index (χ4v) is 7.65. The summed E-state index contributed by atoms with van der Waals surface area (Å²) in [5.74, 6) is -3.52. The van der Waals surface area contributed by atoms with Gasteiger partial charge in [-0.3, -0.25) is 0 Å². The summed E-state index contributed by atoms with van der Waals surface area (Å²) in [6.07, 6.45) is -7.17. The lowest BCUT2D eigenvalue weighted by Crippen LogP contribution is -2.53. The van der Waals surface area contributed by atoms with Gasteiger partial charge in [-0.1, -0.05) is 72.3 Å². The Kier molecular flexibility index (Phi) is 11.6. The molecular weight excluding hydrogens is 718 g/mol. The van der Waals surface area contributed by atoms with Crippen LogP contribution in [0.4, 0.5) is 26.3 Å². The quantitative estimate of drug-likeness (QED) is 0.0787. The first kappa shape index (κ1) is 40.8. The Hall–Kier alpha value is -4.36. The molecule has 0 saturated heterocycles. The third kappa shape index (κ3) is 7.49. The predicted octanol–water partition coefficient (Wildman–Crippen LogP) is 9.67. The van der Waals surface area contributed by atoms with Crippen molar-refractivity contribution in [2.75, 3.05) is 14.2 Å². The van der Waals surface area contributed by atoms with Crippen molar-refractivity contribution in [3.05, 3.63) is 107 Å². The highest BCUT2D eigenvalue weighted by Crippen LogP contribution is 2.54. The second-order valence-corrected chi connectivity index (χ2v) is 14.4. The number of esters is 2. The van der Waals surface area contributed by atoms with Gasteiger partial charge in [0.2, 0.25) is 0 Å². The lowest BCUT2D eigenvalue weighted by Gasteiger charge is -2.46. The average Bonchev–Trinajstić information content (AvgIpc) is 3.08. The van der Waals surface area contributed by atoms with Gasteiger partial charge < -0.3 is 23.7 Å². The van der Waals surface area contributed by atoms with Crippen molar-refractivity contribution in [1.29, 1.82) is 0 Å². The van der Waals surface area contributed by atoms with Crippen molar-refractivity contribution in [2.24, 2.45) is 5.92 Å². The second kappa shape index (κ2) is 15.4. The third-order valence-corrected chi connectivity index (χ3v) is 10.4. The molecule has 1 aliphatic carbocycles. The normalized spacial score (nSPS) is 20.9. The minimum absolute atomic E-state index is 0.0803. The number of carbonyl (C=O) groups is 2. The fourth-order valence-electron chi connectivity index (χ4n) is 7.65. The van der Waals surface area contributed by atoms with Gasteiger partial charge in [-0.05, 0) is 77.5 Å². The summed E-state index contributed by atoms with van der Waals surface area (Å²) >= 11 is 0. The van der Waals surface area contributed by atoms with Gasteiger partial charge in [0.25, 0.3) is 11.2 Å². The van der Waals surface area contributed by atoms with E-state index in [0.717, 1.165) is 56.9 Å². The molecule has 1 aliphatic heterocycles. The lowest BCUT2D eigenvalue weighted by molar-refractivity contribution is -0.278. The molecule has 0 spiro atoms. The number of aryl methyl sites for hydroxylation is 1. The first-order valence-corrected chi connectivity index (χ1v) is 17.6. The van der Waals surface area contributed by atoms with E-state index in [1.165, 1.54) is 49.4 Å². The van der Waals surface area contributed by atoms with Crippen LogP contribution in [0.25, 0.3) is 0 Å². The van der Waals surface area contributed by atoms with Gasteiger partial charge >= 0.3 is 24.3 Å². The van der Waals surface area contributed by atoms with Crippen LogP contribution in [0.1, 0.15) is 81.5 Å². The first-order valence-electron chi connectivity index (χ1n) is 17.6. The van der Waals surface area contributed by atoms with Gasteiger partial charge in [-0.2, -0.15) is 26.3 Å².